The first kappa shape index (κ1) is 24.8. The molecule has 0 radical (unpaired) electrons. The second-order valence-corrected chi connectivity index (χ2v) is 11.3. The number of aromatic amines is 1. The summed E-state index contributed by atoms with van der Waals surface area (Å²) in [6, 6.07) is 11.9. The molecule has 1 aliphatic rings. The van der Waals surface area contributed by atoms with E-state index in [0.717, 1.165) is 42.3 Å². The number of thiophene rings is 1. The molecule has 9 heteroatoms. The number of aryl methyl sites for hydroxylation is 1. The third-order valence-electron chi connectivity index (χ3n) is 7.35. The molecule has 0 bridgehead atoms. The molecule has 5 rings (SSSR count). The van der Waals surface area contributed by atoms with E-state index in [1.165, 1.54) is 4.88 Å². The van der Waals surface area contributed by atoms with Gasteiger partial charge in [-0.15, -0.1) is 16.4 Å². The molecule has 0 amide bonds. The Bertz CT molecular complexity index is 1370. The number of H-pyrrole nitrogens is 1. The van der Waals surface area contributed by atoms with Crippen LogP contribution in [0.5, 0.6) is 0 Å². The van der Waals surface area contributed by atoms with Crippen LogP contribution in [0.1, 0.15) is 67.9 Å². The van der Waals surface area contributed by atoms with E-state index in [1.807, 2.05) is 35.9 Å². The molecular weight excluding hydrogens is 472 g/mol. The lowest BCUT2D eigenvalue weighted by Gasteiger charge is -2.34. The number of fused-ring (bicyclic) bond motifs is 1. The van der Waals surface area contributed by atoms with Crippen molar-refractivity contribution in [3.63, 3.8) is 0 Å². The van der Waals surface area contributed by atoms with Gasteiger partial charge in [-0.05, 0) is 78.9 Å². The summed E-state index contributed by atoms with van der Waals surface area (Å²) in [4.78, 5) is 20.4. The van der Waals surface area contributed by atoms with Crippen molar-refractivity contribution in [2.24, 2.45) is 0 Å². The van der Waals surface area contributed by atoms with E-state index < -0.39 is 6.04 Å². The number of rotatable bonds is 9. The molecule has 8 nitrogen and oxygen atoms in total. The Morgan fingerprint density at radius 2 is 2.17 bits per heavy atom. The summed E-state index contributed by atoms with van der Waals surface area (Å²) >= 11 is 1.72. The zero-order valence-electron chi connectivity index (χ0n) is 21.4. The number of hydrogen-bond donors (Lipinski definition) is 1. The Balaban J connectivity index is 1.70. The minimum atomic E-state index is -0.439. The second kappa shape index (κ2) is 10.2. The van der Waals surface area contributed by atoms with Gasteiger partial charge in [0.1, 0.15) is 6.04 Å². The Kier molecular flexibility index (Phi) is 7.05. The minimum absolute atomic E-state index is 0.109. The molecule has 36 heavy (non-hydrogen) atoms. The van der Waals surface area contributed by atoms with Crippen LogP contribution in [0.2, 0.25) is 0 Å². The van der Waals surface area contributed by atoms with Gasteiger partial charge >= 0.3 is 0 Å². The van der Waals surface area contributed by atoms with Gasteiger partial charge in [0.05, 0.1) is 17.2 Å². The fourth-order valence-electron chi connectivity index (χ4n) is 4.96. The third-order valence-corrected chi connectivity index (χ3v) is 8.22. The minimum Gasteiger partial charge on any atom is -0.377 e. The third kappa shape index (κ3) is 4.87. The van der Waals surface area contributed by atoms with E-state index in [-0.39, 0.29) is 17.2 Å². The van der Waals surface area contributed by atoms with Crippen LogP contribution in [0.3, 0.4) is 0 Å². The summed E-state index contributed by atoms with van der Waals surface area (Å²) < 4.78 is 7.96. The van der Waals surface area contributed by atoms with Gasteiger partial charge in [0.15, 0.2) is 5.82 Å². The fraction of sp³-hybridized carbons (Fsp3) is 0.481. The quantitative estimate of drug-likeness (QED) is 0.351. The summed E-state index contributed by atoms with van der Waals surface area (Å²) in [5.74, 6) is 0.675. The van der Waals surface area contributed by atoms with Crippen molar-refractivity contribution in [2.75, 3.05) is 13.2 Å². The zero-order valence-corrected chi connectivity index (χ0v) is 22.2. The summed E-state index contributed by atoms with van der Waals surface area (Å²) in [5.41, 5.74) is 2.12. The maximum Gasteiger partial charge on any atom is 0.253 e. The Hall–Kier alpha value is -2.88. The van der Waals surface area contributed by atoms with Gasteiger partial charge in [0.2, 0.25) is 0 Å². The van der Waals surface area contributed by atoms with Crippen molar-refractivity contribution in [3.05, 3.63) is 74.0 Å². The van der Waals surface area contributed by atoms with Crippen LogP contribution in [0, 0.1) is 6.92 Å². The number of ether oxygens (including phenoxy) is 1. The summed E-state index contributed by atoms with van der Waals surface area (Å²) in [6.07, 6.45) is 3.02. The van der Waals surface area contributed by atoms with E-state index in [1.54, 1.807) is 11.3 Å². The lowest BCUT2D eigenvalue weighted by Crippen LogP contribution is -2.41. The lowest BCUT2D eigenvalue weighted by atomic mass is 9.98. The second-order valence-electron chi connectivity index (χ2n) is 10.3. The topological polar surface area (TPSA) is 88.9 Å². The monoisotopic (exact) mass is 506 g/mol. The summed E-state index contributed by atoms with van der Waals surface area (Å²) in [7, 11) is 0. The van der Waals surface area contributed by atoms with Crippen LogP contribution in [-0.4, -0.2) is 49.3 Å². The van der Waals surface area contributed by atoms with Gasteiger partial charge in [0.25, 0.3) is 5.56 Å². The molecule has 1 saturated heterocycles. The molecule has 1 aliphatic heterocycles. The highest BCUT2D eigenvalue weighted by atomic mass is 32.1. The molecule has 1 N–H and O–H groups in total. The van der Waals surface area contributed by atoms with Crippen LogP contribution in [0.15, 0.2) is 46.6 Å². The van der Waals surface area contributed by atoms with Crippen molar-refractivity contribution in [2.45, 2.75) is 71.2 Å². The first-order valence-corrected chi connectivity index (χ1v) is 13.5. The number of para-hydroxylation sites is 1. The molecule has 4 heterocycles. The van der Waals surface area contributed by atoms with Gasteiger partial charge < -0.3 is 9.72 Å². The van der Waals surface area contributed by atoms with Crippen LogP contribution >= 0.6 is 11.3 Å². The average molecular weight is 507 g/mol. The Morgan fingerprint density at radius 3 is 2.89 bits per heavy atom. The smallest absolute Gasteiger partial charge is 0.253 e. The molecule has 4 aromatic rings. The standard InChI is InChI=1S/C27H34N6O2S/c1-5-27(3,4)33-25(29-30-31-33)24(22-15-19-10-6-9-18(2)23(19)28-26(22)34)32(16-20-11-7-13-35-20)17-21-12-8-14-36-21/h6,8-10,12,14-15,20,24H,5,7,11,13,16-17H2,1-4H3,(H,28,34). The Labute approximate surface area is 215 Å². The number of nitrogens with zero attached hydrogens (tertiary/aromatic N) is 5. The Morgan fingerprint density at radius 1 is 1.31 bits per heavy atom. The van der Waals surface area contributed by atoms with Crippen LogP contribution in [0.25, 0.3) is 10.9 Å². The van der Waals surface area contributed by atoms with E-state index in [0.29, 0.717) is 24.5 Å². The average Bonchev–Trinajstić information content (AvgIpc) is 3.64. The zero-order chi connectivity index (χ0) is 25.3. The van der Waals surface area contributed by atoms with Crippen LogP contribution < -0.4 is 5.56 Å². The lowest BCUT2D eigenvalue weighted by molar-refractivity contribution is 0.0566. The van der Waals surface area contributed by atoms with Gasteiger partial charge in [-0.3, -0.25) is 9.69 Å². The largest absolute Gasteiger partial charge is 0.377 e. The van der Waals surface area contributed by atoms with E-state index in [2.05, 4.69) is 63.7 Å². The van der Waals surface area contributed by atoms with Crippen molar-refractivity contribution in [1.82, 2.24) is 30.1 Å². The maximum absolute atomic E-state index is 13.7. The molecule has 1 fully saturated rings. The van der Waals surface area contributed by atoms with E-state index >= 15 is 0 Å². The molecule has 2 unspecified atom stereocenters. The molecule has 0 aliphatic carbocycles. The van der Waals surface area contributed by atoms with E-state index in [4.69, 9.17) is 4.74 Å². The van der Waals surface area contributed by atoms with Gasteiger partial charge in [0, 0.05) is 30.1 Å². The van der Waals surface area contributed by atoms with Crippen LogP contribution in [0.4, 0.5) is 0 Å². The molecule has 190 valence electrons. The summed E-state index contributed by atoms with van der Waals surface area (Å²) in [5, 5.41) is 16.1. The van der Waals surface area contributed by atoms with Crippen molar-refractivity contribution in [3.8, 4) is 0 Å². The highest BCUT2D eigenvalue weighted by Crippen LogP contribution is 2.33. The molecule has 0 saturated carbocycles. The van der Waals surface area contributed by atoms with Crippen molar-refractivity contribution < 1.29 is 4.74 Å². The summed E-state index contributed by atoms with van der Waals surface area (Å²) in [6.45, 7) is 10.5. The first-order chi connectivity index (χ1) is 17.4. The number of tetrazole rings is 1. The SMILES string of the molecule is CCC(C)(C)n1nnnc1C(c1cc2cccc(C)c2[nH]c1=O)N(Cc1cccs1)CC1CCCO1. The maximum atomic E-state index is 13.7. The van der Waals surface area contributed by atoms with Gasteiger partial charge in [-0.25, -0.2) is 4.68 Å². The molecular formula is C27H34N6O2S. The number of pyridine rings is 1. The number of aromatic nitrogens is 5. The predicted octanol–water partition coefficient (Wildman–Crippen LogP) is 4.80. The van der Waals surface area contributed by atoms with Crippen molar-refractivity contribution in [1.29, 1.82) is 0 Å². The van der Waals surface area contributed by atoms with Crippen LogP contribution in [-0.2, 0) is 16.8 Å². The highest BCUT2D eigenvalue weighted by molar-refractivity contribution is 7.09. The number of benzene rings is 1. The number of hydrogen-bond acceptors (Lipinski definition) is 7. The molecule has 0 spiro atoms. The van der Waals surface area contributed by atoms with E-state index in [9.17, 15) is 4.79 Å². The molecule has 3 aromatic heterocycles. The van der Waals surface area contributed by atoms with Gasteiger partial charge in [-0.2, -0.15) is 0 Å². The highest BCUT2D eigenvalue weighted by Gasteiger charge is 2.36. The first-order valence-electron chi connectivity index (χ1n) is 12.7. The normalized spacial score (nSPS) is 17.3. The predicted molar refractivity (Wildman–Crippen MR) is 142 cm³/mol. The molecule has 1 aromatic carbocycles. The number of nitrogens with one attached hydrogen (secondary N) is 1. The van der Waals surface area contributed by atoms with Crippen molar-refractivity contribution >= 4 is 22.2 Å². The molecule has 2 atom stereocenters. The fourth-order valence-corrected chi connectivity index (χ4v) is 5.69. The van der Waals surface area contributed by atoms with Gasteiger partial charge in [-0.1, -0.05) is 31.2 Å².